The summed E-state index contributed by atoms with van der Waals surface area (Å²) < 4.78 is 0. The third-order valence-electron chi connectivity index (χ3n) is 3.35. The predicted molar refractivity (Wildman–Crippen MR) is 89.4 cm³/mol. The van der Waals surface area contributed by atoms with E-state index in [0.29, 0.717) is 5.92 Å². The smallest absolute Gasteiger partial charge is 0.147 e. The van der Waals surface area contributed by atoms with Crippen molar-refractivity contribution in [2.24, 2.45) is 5.84 Å². The van der Waals surface area contributed by atoms with E-state index >= 15 is 0 Å². The topological polar surface area (TPSA) is 63.8 Å². The van der Waals surface area contributed by atoms with Gasteiger partial charge in [-0.2, -0.15) is 0 Å². The molecule has 0 saturated heterocycles. The van der Waals surface area contributed by atoms with Crippen molar-refractivity contribution in [1.29, 1.82) is 0 Å². The molecule has 0 spiro atoms. The minimum absolute atomic E-state index is 0.342. The molecule has 0 aliphatic carbocycles. The minimum Gasteiger partial charge on any atom is -0.308 e. The van der Waals surface area contributed by atoms with Gasteiger partial charge in [0.05, 0.1) is 5.75 Å². The number of hydrogen-bond acceptors (Lipinski definition) is 5. The molecule has 1 aromatic heterocycles. The van der Waals surface area contributed by atoms with Crippen LogP contribution in [0, 0.1) is 13.8 Å². The van der Waals surface area contributed by atoms with Crippen molar-refractivity contribution in [2.45, 2.75) is 44.3 Å². The molecule has 112 valence electrons. The summed E-state index contributed by atoms with van der Waals surface area (Å²) in [6.07, 6.45) is 0. The molecule has 0 fully saturated rings. The maximum atomic E-state index is 5.61. The monoisotopic (exact) mass is 302 g/mol. The molecule has 0 aliphatic rings. The number of nitrogens with zero attached hydrogens (tertiary/aromatic N) is 2. The Balaban J connectivity index is 2.22. The zero-order valence-electron chi connectivity index (χ0n) is 13.0. The Morgan fingerprint density at radius 1 is 1.19 bits per heavy atom. The molecule has 0 radical (unpaired) electrons. The van der Waals surface area contributed by atoms with Crippen LogP contribution in [0.3, 0.4) is 0 Å². The van der Waals surface area contributed by atoms with Crippen molar-refractivity contribution in [3.63, 3.8) is 0 Å². The van der Waals surface area contributed by atoms with Gasteiger partial charge in [0.1, 0.15) is 11.6 Å². The maximum absolute atomic E-state index is 5.61. The van der Waals surface area contributed by atoms with Crippen LogP contribution in [0.15, 0.2) is 29.2 Å². The third kappa shape index (κ3) is 3.74. The van der Waals surface area contributed by atoms with Crippen molar-refractivity contribution in [3.8, 4) is 0 Å². The number of nitrogens with one attached hydrogen (secondary N) is 1. The number of hydrazine groups is 1. The number of aryl methyl sites for hydroxylation is 2. The normalized spacial score (nSPS) is 11.0. The van der Waals surface area contributed by atoms with Crippen LogP contribution in [0.1, 0.15) is 42.4 Å². The lowest BCUT2D eigenvalue weighted by Gasteiger charge is -2.15. The highest BCUT2D eigenvalue weighted by atomic mass is 32.2. The Labute approximate surface area is 130 Å². The number of anilines is 1. The summed E-state index contributed by atoms with van der Waals surface area (Å²) >= 11 is 1.75. The van der Waals surface area contributed by atoms with E-state index in [-0.39, 0.29) is 0 Å². The van der Waals surface area contributed by atoms with Gasteiger partial charge in [0.25, 0.3) is 0 Å². The number of nitrogens with two attached hydrogens (primary N) is 1. The molecule has 5 heteroatoms. The molecule has 2 aromatic rings. The highest BCUT2D eigenvalue weighted by molar-refractivity contribution is 7.98. The Kier molecular flexibility index (Phi) is 5.20. The van der Waals surface area contributed by atoms with Crippen LogP contribution in [-0.2, 0) is 5.75 Å². The largest absolute Gasteiger partial charge is 0.308 e. The van der Waals surface area contributed by atoms with Gasteiger partial charge in [0, 0.05) is 16.2 Å². The molecule has 1 aromatic carbocycles. The molecule has 4 nitrogen and oxygen atoms in total. The molecular formula is C16H22N4S. The Morgan fingerprint density at radius 2 is 1.90 bits per heavy atom. The molecule has 0 saturated carbocycles. The van der Waals surface area contributed by atoms with Crippen LogP contribution in [0.25, 0.3) is 0 Å². The molecular weight excluding hydrogens is 280 g/mol. The lowest BCUT2D eigenvalue weighted by molar-refractivity contribution is 0.818. The molecule has 0 unspecified atom stereocenters. The predicted octanol–water partition coefficient (Wildman–Crippen LogP) is 3.79. The molecule has 2 rings (SSSR count). The van der Waals surface area contributed by atoms with E-state index in [1.807, 2.05) is 13.0 Å². The standard InChI is InChI=1S/C16H22N4S/c1-10(2)15-12(4)18-14(19-16(15)20-17)9-21-13-8-6-5-7-11(13)3/h5-8,10H,9,17H2,1-4H3,(H,18,19,20). The molecule has 21 heavy (non-hydrogen) atoms. The van der Waals surface area contributed by atoms with Crippen LogP contribution in [0.5, 0.6) is 0 Å². The minimum atomic E-state index is 0.342. The fourth-order valence-corrected chi connectivity index (χ4v) is 3.25. The summed E-state index contributed by atoms with van der Waals surface area (Å²) in [5.41, 5.74) is 6.06. The molecule has 0 atom stereocenters. The molecule has 1 heterocycles. The Morgan fingerprint density at radius 3 is 2.52 bits per heavy atom. The maximum Gasteiger partial charge on any atom is 0.147 e. The van der Waals surface area contributed by atoms with Crippen LogP contribution in [0.4, 0.5) is 5.82 Å². The van der Waals surface area contributed by atoms with Crippen LogP contribution in [0.2, 0.25) is 0 Å². The van der Waals surface area contributed by atoms with E-state index in [1.165, 1.54) is 10.5 Å². The summed E-state index contributed by atoms with van der Waals surface area (Å²) in [5, 5.41) is 0. The third-order valence-corrected chi connectivity index (χ3v) is 4.52. The first kappa shape index (κ1) is 15.8. The summed E-state index contributed by atoms with van der Waals surface area (Å²) in [6, 6.07) is 8.34. The highest BCUT2D eigenvalue weighted by Gasteiger charge is 2.14. The van der Waals surface area contributed by atoms with Gasteiger partial charge in [-0.3, -0.25) is 0 Å². The Bertz CT molecular complexity index is 626. The molecule has 0 bridgehead atoms. The zero-order valence-corrected chi connectivity index (χ0v) is 13.8. The SMILES string of the molecule is Cc1ccccc1SCc1nc(C)c(C(C)C)c(NN)n1. The van der Waals surface area contributed by atoms with Crippen molar-refractivity contribution in [2.75, 3.05) is 5.43 Å². The summed E-state index contributed by atoms with van der Waals surface area (Å²) in [7, 11) is 0. The second-order valence-electron chi connectivity index (χ2n) is 5.34. The summed E-state index contributed by atoms with van der Waals surface area (Å²) in [5.74, 6) is 8.23. The quantitative estimate of drug-likeness (QED) is 0.500. The van der Waals surface area contributed by atoms with Crippen molar-refractivity contribution >= 4 is 17.6 Å². The number of aromatic nitrogens is 2. The summed E-state index contributed by atoms with van der Waals surface area (Å²) in [4.78, 5) is 10.4. The van der Waals surface area contributed by atoms with E-state index in [4.69, 9.17) is 5.84 Å². The number of rotatable bonds is 5. The molecule has 3 N–H and O–H groups in total. The van der Waals surface area contributed by atoms with E-state index < -0.39 is 0 Å². The van der Waals surface area contributed by atoms with Crippen molar-refractivity contribution in [3.05, 3.63) is 46.9 Å². The van der Waals surface area contributed by atoms with Crippen LogP contribution >= 0.6 is 11.8 Å². The van der Waals surface area contributed by atoms with Gasteiger partial charge in [-0.25, -0.2) is 15.8 Å². The fourth-order valence-electron chi connectivity index (χ4n) is 2.37. The number of nitrogen functional groups attached to an aromatic ring is 1. The van der Waals surface area contributed by atoms with Gasteiger partial charge in [-0.1, -0.05) is 32.0 Å². The van der Waals surface area contributed by atoms with E-state index in [1.54, 1.807) is 11.8 Å². The Hall–Kier alpha value is -1.59. The van der Waals surface area contributed by atoms with Gasteiger partial charge in [-0.05, 0) is 31.4 Å². The average Bonchev–Trinajstić information content (AvgIpc) is 2.45. The molecule has 0 aliphatic heterocycles. The van der Waals surface area contributed by atoms with Crippen LogP contribution in [-0.4, -0.2) is 9.97 Å². The van der Waals surface area contributed by atoms with Crippen molar-refractivity contribution in [1.82, 2.24) is 9.97 Å². The lowest BCUT2D eigenvalue weighted by Crippen LogP contribution is -2.15. The number of thioether (sulfide) groups is 1. The first-order valence-corrected chi connectivity index (χ1v) is 8.04. The first-order valence-electron chi connectivity index (χ1n) is 7.05. The zero-order chi connectivity index (χ0) is 15.4. The van der Waals surface area contributed by atoms with Gasteiger partial charge in [-0.15, -0.1) is 11.8 Å². The van der Waals surface area contributed by atoms with E-state index in [2.05, 4.69) is 54.4 Å². The summed E-state index contributed by atoms with van der Waals surface area (Å²) in [6.45, 7) is 8.37. The lowest BCUT2D eigenvalue weighted by atomic mass is 10.0. The fraction of sp³-hybridized carbons (Fsp3) is 0.375. The van der Waals surface area contributed by atoms with E-state index in [0.717, 1.165) is 28.7 Å². The van der Waals surface area contributed by atoms with Gasteiger partial charge in [0.2, 0.25) is 0 Å². The average molecular weight is 302 g/mol. The van der Waals surface area contributed by atoms with Crippen molar-refractivity contribution < 1.29 is 0 Å². The number of hydrogen-bond donors (Lipinski definition) is 2. The van der Waals surface area contributed by atoms with Gasteiger partial charge >= 0.3 is 0 Å². The molecule has 0 amide bonds. The van der Waals surface area contributed by atoms with Crippen LogP contribution < -0.4 is 11.3 Å². The van der Waals surface area contributed by atoms with Gasteiger partial charge < -0.3 is 5.43 Å². The highest BCUT2D eigenvalue weighted by Crippen LogP contribution is 2.28. The van der Waals surface area contributed by atoms with E-state index in [9.17, 15) is 0 Å². The first-order chi connectivity index (χ1) is 10.0. The number of benzene rings is 1. The second kappa shape index (κ2) is 6.91. The van der Waals surface area contributed by atoms with Gasteiger partial charge in [0.15, 0.2) is 0 Å². The second-order valence-corrected chi connectivity index (χ2v) is 6.36.